The molecule has 0 saturated heterocycles. The Bertz CT molecular complexity index is 722. The summed E-state index contributed by atoms with van der Waals surface area (Å²) in [4.78, 5) is 18.5. The van der Waals surface area contributed by atoms with Gasteiger partial charge in [0.25, 0.3) is 0 Å². The molecule has 134 valence electrons. The molecule has 3 heteroatoms. The van der Waals surface area contributed by atoms with E-state index in [4.69, 9.17) is 0 Å². The second-order valence-corrected chi connectivity index (χ2v) is 8.16. The maximum atomic E-state index is 12.9. The zero-order valence-corrected chi connectivity index (χ0v) is 15.3. The molecule has 0 radical (unpaired) electrons. The molecule has 2 aliphatic rings. The van der Waals surface area contributed by atoms with Crippen LogP contribution in [0.3, 0.4) is 0 Å². The fraction of sp³-hybridized carbons (Fsp3) is 0.591. The average molecular weight is 338 g/mol. The molecule has 2 saturated carbocycles. The first-order chi connectivity index (χ1) is 12.2. The number of nitrogens with zero attached hydrogens (tertiary/aromatic N) is 1. The molecule has 1 N–H and O–H groups in total. The molecule has 0 aliphatic heterocycles. The van der Waals surface area contributed by atoms with Crippen LogP contribution in [0.4, 0.5) is 0 Å². The number of H-pyrrole nitrogens is 1. The quantitative estimate of drug-likeness (QED) is 0.785. The smallest absolute Gasteiger partial charge is 0.223 e. The summed E-state index contributed by atoms with van der Waals surface area (Å²) in [7, 11) is 0. The van der Waals surface area contributed by atoms with Crippen LogP contribution in [0.25, 0.3) is 10.9 Å². The minimum atomic E-state index is 0.405. The van der Waals surface area contributed by atoms with E-state index in [9.17, 15) is 4.79 Å². The van der Waals surface area contributed by atoms with Crippen molar-refractivity contribution in [3.63, 3.8) is 0 Å². The second kappa shape index (κ2) is 7.23. The molecule has 25 heavy (non-hydrogen) atoms. The van der Waals surface area contributed by atoms with E-state index in [0.717, 1.165) is 18.8 Å². The molecular weight excluding hydrogens is 308 g/mol. The number of para-hydroxylation sites is 1. The average Bonchev–Trinajstić information content (AvgIpc) is 3.37. The Morgan fingerprint density at radius 2 is 1.76 bits per heavy atom. The Kier molecular flexibility index (Phi) is 4.82. The normalized spacial score (nSPS) is 23.7. The van der Waals surface area contributed by atoms with E-state index >= 15 is 0 Å². The van der Waals surface area contributed by atoms with E-state index in [1.54, 1.807) is 0 Å². The number of carbonyl (C=O) groups is 1. The van der Waals surface area contributed by atoms with E-state index in [1.807, 2.05) is 0 Å². The van der Waals surface area contributed by atoms with Gasteiger partial charge in [-0.15, -0.1) is 0 Å². The summed E-state index contributed by atoms with van der Waals surface area (Å²) in [5.41, 5.74) is 2.53. The largest absolute Gasteiger partial charge is 0.361 e. The summed E-state index contributed by atoms with van der Waals surface area (Å²) < 4.78 is 0. The summed E-state index contributed by atoms with van der Waals surface area (Å²) in [6.45, 7) is 2.35. The van der Waals surface area contributed by atoms with Gasteiger partial charge in [0, 0.05) is 35.6 Å². The molecule has 2 aliphatic carbocycles. The summed E-state index contributed by atoms with van der Waals surface area (Å²) in [5, 5.41) is 1.30. The van der Waals surface area contributed by atoms with Gasteiger partial charge < -0.3 is 9.88 Å². The summed E-state index contributed by atoms with van der Waals surface area (Å²) in [6.07, 6.45) is 12.2. The fourth-order valence-electron chi connectivity index (χ4n) is 4.48. The monoisotopic (exact) mass is 338 g/mol. The fourth-order valence-corrected chi connectivity index (χ4v) is 4.48. The molecule has 0 unspecified atom stereocenters. The van der Waals surface area contributed by atoms with Crippen molar-refractivity contribution in [2.45, 2.75) is 76.8 Å². The van der Waals surface area contributed by atoms with Crippen LogP contribution in [0, 0.1) is 5.92 Å². The third-order valence-electron chi connectivity index (χ3n) is 6.12. The molecule has 4 rings (SSSR count). The lowest BCUT2D eigenvalue weighted by atomic mass is 9.86. The van der Waals surface area contributed by atoms with Gasteiger partial charge in [0.1, 0.15) is 0 Å². The predicted octanol–water partition coefficient (Wildman–Crippen LogP) is 5.06. The summed E-state index contributed by atoms with van der Waals surface area (Å²) in [6, 6.07) is 9.50. The lowest BCUT2D eigenvalue weighted by Crippen LogP contribution is -2.43. The van der Waals surface area contributed by atoms with Crippen molar-refractivity contribution in [2.24, 2.45) is 5.92 Å². The number of hydrogen-bond acceptors (Lipinski definition) is 1. The maximum Gasteiger partial charge on any atom is 0.223 e. The molecule has 1 aromatic heterocycles. The SMILES string of the molecule is CC1CCC(N(C(=O)CCCc2c[nH]c3ccccc23)C2CC2)CC1. The summed E-state index contributed by atoms with van der Waals surface area (Å²) in [5.74, 6) is 1.25. The minimum absolute atomic E-state index is 0.405. The number of carbonyl (C=O) groups excluding carboxylic acids is 1. The zero-order valence-electron chi connectivity index (χ0n) is 15.3. The molecule has 0 bridgehead atoms. The molecule has 1 amide bonds. The van der Waals surface area contributed by atoms with Gasteiger partial charge in [0.2, 0.25) is 5.91 Å². The van der Waals surface area contributed by atoms with Crippen molar-refractivity contribution < 1.29 is 4.79 Å². The predicted molar refractivity (Wildman–Crippen MR) is 103 cm³/mol. The van der Waals surface area contributed by atoms with Crippen molar-refractivity contribution >= 4 is 16.8 Å². The third-order valence-corrected chi connectivity index (χ3v) is 6.12. The number of fused-ring (bicyclic) bond motifs is 1. The second-order valence-electron chi connectivity index (χ2n) is 8.16. The van der Waals surface area contributed by atoms with Crippen molar-refractivity contribution in [1.29, 1.82) is 0 Å². The Morgan fingerprint density at radius 1 is 1.08 bits per heavy atom. The molecule has 3 nitrogen and oxygen atoms in total. The number of amides is 1. The van der Waals surface area contributed by atoms with Crippen LogP contribution in [-0.2, 0) is 11.2 Å². The first-order valence-corrected chi connectivity index (χ1v) is 10.1. The van der Waals surface area contributed by atoms with Crippen molar-refractivity contribution in [3.05, 3.63) is 36.0 Å². The number of hydrogen-bond donors (Lipinski definition) is 1. The van der Waals surface area contributed by atoms with Crippen LogP contribution in [0.15, 0.2) is 30.5 Å². The van der Waals surface area contributed by atoms with E-state index < -0.39 is 0 Å². The number of rotatable bonds is 6. The van der Waals surface area contributed by atoms with E-state index in [0.29, 0.717) is 24.4 Å². The zero-order chi connectivity index (χ0) is 17.2. The lowest BCUT2D eigenvalue weighted by molar-refractivity contribution is -0.135. The van der Waals surface area contributed by atoms with Crippen LogP contribution >= 0.6 is 0 Å². The van der Waals surface area contributed by atoms with Crippen LogP contribution in [0.1, 0.15) is 63.9 Å². The number of aryl methyl sites for hydroxylation is 1. The molecule has 0 spiro atoms. The summed E-state index contributed by atoms with van der Waals surface area (Å²) >= 11 is 0. The molecular formula is C22H30N2O. The Labute approximate surface area is 150 Å². The molecule has 0 atom stereocenters. The third kappa shape index (κ3) is 3.75. The molecule has 1 heterocycles. The van der Waals surface area contributed by atoms with Crippen molar-refractivity contribution in [2.75, 3.05) is 0 Å². The Hall–Kier alpha value is -1.77. The highest BCUT2D eigenvalue weighted by Gasteiger charge is 2.37. The number of benzene rings is 1. The van der Waals surface area contributed by atoms with Gasteiger partial charge in [0.15, 0.2) is 0 Å². The highest BCUT2D eigenvalue weighted by Crippen LogP contribution is 2.35. The van der Waals surface area contributed by atoms with E-state index in [-0.39, 0.29) is 0 Å². The standard InChI is InChI=1S/C22H30N2O/c1-16-9-11-18(12-10-16)24(19-13-14-19)22(25)8-4-5-17-15-23-21-7-3-2-6-20(17)21/h2-3,6-7,15-16,18-19,23H,4-5,8-14H2,1H3. The van der Waals surface area contributed by atoms with Crippen molar-refractivity contribution in [3.8, 4) is 0 Å². The molecule has 2 aromatic rings. The number of nitrogens with one attached hydrogen (secondary N) is 1. The van der Waals surface area contributed by atoms with Crippen LogP contribution in [0.2, 0.25) is 0 Å². The van der Waals surface area contributed by atoms with Crippen LogP contribution in [-0.4, -0.2) is 27.9 Å². The Morgan fingerprint density at radius 3 is 2.48 bits per heavy atom. The molecule has 2 fully saturated rings. The Balaban J connectivity index is 1.34. The van der Waals surface area contributed by atoms with E-state index in [2.05, 4.69) is 47.3 Å². The van der Waals surface area contributed by atoms with Crippen LogP contribution < -0.4 is 0 Å². The number of aromatic amines is 1. The van der Waals surface area contributed by atoms with Gasteiger partial charge in [-0.25, -0.2) is 0 Å². The highest BCUT2D eigenvalue weighted by atomic mass is 16.2. The van der Waals surface area contributed by atoms with Gasteiger partial charge in [-0.1, -0.05) is 25.1 Å². The van der Waals surface area contributed by atoms with Gasteiger partial charge in [-0.05, 0) is 68.9 Å². The maximum absolute atomic E-state index is 12.9. The topological polar surface area (TPSA) is 36.1 Å². The first kappa shape index (κ1) is 16.7. The first-order valence-electron chi connectivity index (χ1n) is 10.1. The number of aromatic nitrogens is 1. The minimum Gasteiger partial charge on any atom is -0.361 e. The van der Waals surface area contributed by atoms with Gasteiger partial charge >= 0.3 is 0 Å². The van der Waals surface area contributed by atoms with Gasteiger partial charge in [-0.3, -0.25) is 4.79 Å². The molecule has 1 aromatic carbocycles. The van der Waals surface area contributed by atoms with E-state index in [1.165, 1.54) is 55.0 Å². The van der Waals surface area contributed by atoms with Crippen molar-refractivity contribution in [1.82, 2.24) is 9.88 Å². The lowest BCUT2D eigenvalue weighted by Gasteiger charge is -2.36. The highest BCUT2D eigenvalue weighted by molar-refractivity contribution is 5.83. The van der Waals surface area contributed by atoms with Crippen LogP contribution in [0.5, 0.6) is 0 Å². The van der Waals surface area contributed by atoms with Gasteiger partial charge in [-0.2, -0.15) is 0 Å². The van der Waals surface area contributed by atoms with Gasteiger partial charge in [0.05, 0.1) is 0 Å².